The fraction of sp³-hybridized carbons (Fsp3) is 0.429. The Morgan fingerprint density at radius 3 is 2.45 bits per heavy atom. The molecule has 0 atom stereocenters. The van der Waals surface area contributed by atoms with E-state index in [0.717, 1.165) is 12.5 Å². The van der Waals surface area contributed by atoms with E-state index >= 15 is 0 Å². The molecule has 6 heteroatoms. The van der Waals surface area contributed by atoms with Crippen molar-refractivity contribution < 1.29 is 19.5 Å². The van der Waals surface area contributed by atoms with E-state index in [0.29, 0.717) is 18.2 Å². The van der Waals surface area contributed by atoms with E-state index in [-0.39, 0.29) is 5.91 Å². The van der Waals surface area contributed by atoms with Crippen LogP contribution in [0.3, 0.4) is 0 Å². The van der Waals surface area contributed by atoms with Gasteiger partial charge in [-0.05, 0) is 25.5 Å². The zero-order chi connectivity index (χ0) is 15.3. The topological polar surface area (TPSA) is 66.8 Å². The number of hydrogen-bond donors (Lipinski definition) is 1. The summed E-state index contributed by atoms with van der Waals surface area (Å²) in [5.41, 5.74) is 0.469. The van der Waals surface area contributed by atoms with Crippen molar-refractivity contribution in [2.75, 3.05) is 6.61 Å². The number of carbonyl (C=O) groups is 2. The molecule has 5 nitrogen and oxygen atoms in total. The van der Waals surface area contributed by atoms with Crippen LogP contribution in [-0.4, -0.2) is 28.7 Å². The minimum absolute atomic E-state index is 0.00687. The first-order chi connectivity index (χ1) is 9.24. The highest BCUT2D eigenvalue weighted by molar-refractivity contribution is 6.31. The van der Waals surface area contributed by atoms with Crippen LogP contribution < -0.4 is 0 Å². The molecule has 0 aromatic heterocycles. The molecule has 1 heterocycles. The van der Waals surface area contributed by atoms with Gasteiger partial charge in [-0.25, -0.2) is 5.06 Å². The van der Waals surface area contributed by atoms with E-state index in [2.05, 4.69) is 0 Å². The Labute approximate surface area is 123 Å². The molecule has 1 fully saturated rings. The van der Waals surface area contributed by atoms with Crippen LogP contribution in [0, 0.1) is 5.41 Å². The van der Waals surface area contributed by atoms with Crippen molar-refractivity contribution in [2.24, 2.45) is 5.41 Å². The maximum atomic E-state index is 11.9. The first-order valence-electron chi connectivity index (χ1n) is 6.12. The summed E-state index contributed by atoms with van der Waals surface area (Å²) in [6.07, 6.45) is 0. The summed E-state index contributed by atoms with van der Waals surface area (Å²) < 4.78 is 0. The Morgan fingerprint density at radius 2 is 2.00 bits per heavy atom. The van der Waals surface area contributed by atoms with E-state index in [1.54, 1.807) is 0 Å². The van der Waals surface area contributed by atoms with Crippen molar-refractivity contribution in [3.05, 3.63) is 34.9 Å². The van der Waals surface area contributed by atoms with Crippen molar-refractivity contribution >= 4 is 23.5 Å². The van der Waals surface area contributed by atoms with E-state index < -0.39 is 11.4 Å². The maximum Gasteiger partial charge on any atom is 0.300 e. The zero-order valence-electron chi connectivity index (χ0n) is 11.7. The number of rotatable bonds is 2. The number of carboxylic acids is 1. The molecular weight excluding hydrogens is 282 g/mol. The molecule has 1 aliphatic heterocycles. The summed E-state index contributed by atoms with van der Waals surface area (Å²) in [4.78, 5) is 26.3. The van der Waals surface area contributed by atoms with Crippen molar-refractivity contribution in [1.29, 1.82) is 0 Å². The summed E-state index contributed by atoms with van der Waals surface area (Å²) in [5.74, 6) is -0.826. The second-order valence-electron chi connectivity index (χ2n) is 5.11. The van der Waals surface area contributed by atoms with Crippen LogP contribution >= 0.6 is 11.6 Å². The second-order valence-corrected chi connectivity index (χ2v) is 5.52. The van der Waals surface area contributed by atoms with Gasteiger partial charge < -0.3 is 5.11 Å². The summed E-state index contributed by atoms with van der Waals surface area (Å²) >= 11 is 6.03. The molecule has 110 valence electrons. The van der Waals surface area contributed by atoms with Crippen molar-refractivity contribution in [3.63, 3.8) is 0 Å². The summed E-state index contributed by atoms with van der Waals surface area (Å²) in [5, 5.41) is 9.46. The van der Waals surface area contributed by atoms with E-state index in [1.165, 1.54) is 5.06 Å². The second kappa shape index (κ2) is 6.72. The Bertz CT molecular complexity index is 498. The molecule has 1 N–H and O–H groups in total. The molecule has 0 unspecified atom stereocenters. The highest BCUT2D eigenvalue weighted by atomic mass is 35.5. The predicted molar refractivity (Wildman–Crippen MR) is 75.0 cm³/mol. The first-order valence-corrected chi connectivity index (χ1v) is 6.49. The number of hydroxylamine groups is 2. The van der Waals surface area contributed by atoms with Crippen LogP contribution in [0.15, 0.2) is 24.3 Å². The number of nitrogens with zero attached hydrogens (tertiary/aromatic N) is 1. The van der Waals surface area contributed by atoms with Gasteiger partial charge in [0.2, 0.25) is 0 Å². The van der Waals surface area contributed by atoms with Crippen LogP contribution in [0.25, 0.3) is 0 Å². The van der Waals surface area contributed by atoms with Gasteiger partial charge in [-0.2, -0.15) is 0 Å². The number of aliphatic carboxylic acids is 1. The lowest BCUT2D eigenvalue weighted by Gasteiger charge is -2.16. The maximum absolute atomic E-state index is 11.9. The van der Waals surface area contributed by atoms with Gasteiger partial charge in [0, 0.05) is 11.9 Å². The molecule has 20 heavy (non-hydrogen) atoms. The average molecular weight is 300 g/mol. The third-order valence-electron chi connectivity index (χ3n) is 2.66. The van der Waals surface area contributed by atoms with Gasteiger partial charge in [0.1, 0.15) is 0 Å². The molecule has 0 radical (unpaired) electrons. The molecule has 1 aromatic carbocycles. The zero-order valence-corrected chi connectivity index (χ0v) is 12.5. The van der Waals surface area contributed by atoms with Gasteiger partial charge in [-0.15, -0.1) is 0 Å². The summed E-state index contributed by atoms with van der Waals surface area (Å²) in [6, 6.07) is 7.46. The Morgan fingerprint density at radius 1 is 1.45 bits per heavy atom. The SMILES string of the molecule is CC(=O)O.CC1(C)CON(Cc2ccccc2Cl)C1=O. The Balaban J connectivity index is 0.000000444. The van der Waals surface area contributed by atoms with E-state index in [4.69, 9.17) is 26.3 Å². The van der Waals surface area contributed by atoms with Gasteiger partial charge in [-0.3, -0.25) is 14.4 Å². The van der Waals surface area contributed by atoms with E-state index in [9.17, 15) is 4.79 Å². The average Bonchev–Trinajstić information content (AvgIpc) is 2.58. The summed E-state index contributed by atoms with van der Waals surface area (Å²) in [6.45, 7) is 5.67. The fourth-order valence-electron chi connectivity index (χ4n) is 1.60. The number of carbonyl (C=O) groups excluding carboxylic acids is 1. The number of hydrogen-bond acceptors (Lipinski definition) is 3. The van der Waals surface area contributed by atoms with Crippen LogP contribution in [0.4, 0.5) is 0 Å². The highest BCUT2D eigenvalue weighted by Gasteiger charge is 2.40. The Kier molecular flexibility index (Phi) is 5.53. The predicted octanol–water partition coefficient (Wildman–Crippen LogP) is 2.73. The standard InChI is InChI=1S/C12H14ClNO2.C2H4O2/c1-12(2)8-16-14(11(12)15)7-9-5-3-4-6-10(9)13;1-2(3)4/h3-6H,7-8H2,1-2H3;1H3,(H,3,4). The molecule has 0 aliphatic carbocycles. The van der Waals surface area contributed by atoms with Crippen molar-refractivity contribution in [1.82, 2.24) is 5.06 Å². The number of amides is 1. The lowest BCUT2D eigenvalue weighted by molar-refractivity contribution is -0.165. The molecule has 0 spiro atoms. The third kappa shape index (κ3) is 4.51. The third-order valence-corrected chi connectivity index (χ3v) is 3.03. The van der Waals surface area contributed by atoms with Gasteiger partial charge in [0.25, 0.3) is 11.9 Å². The van der Waals surface area contributed by atoms with Gasteiger partial charge in [-0.1, -0.05) is 29.8 Å². The molecule has 0 bridgehead atoms. The van der Waals surface area contributed by atoms with Crippen molar-refractivity contribution in [3.8, 4) is 0 Å². The molecule has 1 aliphatic rings. The van der Waals surface area contributed by atoms with Gasteiger partial charge >= 0.3 is 0 Å². The molecule has 1 aromatic rings. The van der Waals surface area contributed by atoms with Crippen LogP contribution in [0.2, 0.25) is 5.02 Å². The molecule has 1 amide bonds. The number of carboxylic acid groups (broad SMARTS) is 1. The van der Waals surface area contributed by atoms with Gasteiger partial charge in [0.05, 0.1) is 18.6 Å². The summed E-state index contributed by atoms with van der Waals surface area (Å²) in [7, 11) is 0. The normalized spacial score (nSPS) is 16.6. The smallest absolute Gasteiger partial charge is 0.300 e. The van der Waals surface area contributed by atoms with Crippen LogP contribution in [0.1, 0.15) is 26.3 Å². The monoisotopic (exact) mass is 299 g/mol. The van der Waals surface area contributed by atoms with E-state index in [1.807, 2.05) is 38.1 Å². The largest absolute Gasteiger partial charge is 0.481 e. The lowest BCUT2D eigenvalue weighted by Crippen LogP contribution is -2.30. The molecule has 2 rings (SSSR count). The molecule has 0 saturated carbocycles. The van der Waals surface area contributed by atoms with Crippen LogP contribution in [0.5, 0.6) is 0 Å². The molecule has 1 saturated heterocycles. The Hall–Kier alpha value is -1.59. The number of halogens is 1. The van der Waals surface area contributed by atoms with Crippen molar-refractivity contribution in [2.45, 2.75) is 27.3 Å². The molecular formula is C14H18ClNO4. The quantitative estimate of drug-likeness (QED) is 0.912. The fourth-order valence-corrected chi connectivity index (χ4v) is 1.79. The highest BCUT2D eigenvalue weighted by Crippen LogP contribution is 2.29. The minimum Gasteiger partial charge on any atom is -0.481 e. The minimum atomic E-state index is -0.833. The lowest BCUT2D eigenvalue weighted by atomic mass is 9.95. The van der Waals surface area contributed by atoms with Gasteiger partial charge in [0.15, 0.2) is 0 Å². The van der Waals surface area contributed by atoms with Crippen LogP contribution in [-0.2, 0) is 21.0 Å². The number of benzene rings is 1. The first kappa shape index (κ1) is 16.5.